The maximum absolute atomic E-state index is 13.3. The molecule has 2 amide bonds. The highest BCUT2D eigenvalue weighted by molar-refractivity contribution is 8.13. The van der Waals surface area contributed by atoms with Crippen LogP contribution in [0.1, 0.15) is 51.5 Å². The third kappa shape index (κ3) is 5.03. The van der Waals surface area contributed by atoms with Gasteiger partial charge in [-0.3, -0.25) is 15.0 Å². The fourth-order valence-electron chi connectivity index (χ4n) is 4.64. The summed E-state index contributed by atoms with van der Waals surface area (Å²) in [5, 5.41) is 8.35. The lowest BCUT2D eigenvalue weighted by molar-refractivity contribution is -0.155. The molecule has 3 aliphatic rings. The summed E-state index contributed by atoms with van der Waals surface area (Å²) in [4.78, 5) is 29.6. The standard InChI is InChI=1S/C23H32FN5O2S/c1-15(2)13-25-20(30)11-12-28-21(31)18-5-3-4-6-19(18)29-22(28)26-27-23(29)32-14-16-7-9-17(24)10-8-16/h7-10,15,18-19,22,26H,3-6,11-14H2,1-2H3,(H,25,30). The summed E-state index contributed by atoms with van der Waals surface area (Å²) in [6.07, 6.45) is 3.92. The summed E-state index contributed by atoms with van der Waals surface area (Å²) in [6, 6.07) is 6.63. The van der Waals surface area contributed by atoms with Gasteiger partial charge in [-0.15, -0.1) is 0 Å². The molecule has 0 spiro atoms. The van der Waals surface area contributed by atoms with Crippen molar-refractivity contribution < 1.29 is 14.0 Å². The van der Waals surface area contributed by atoms with Crippen molar-refractivity contribution in [2.75, 3.05) is 13.1 Å². The van der Waals surface area contributed by atoms with Crippen LogP contribution in [0, 0.1) is 17.7 Å². The van der Waals surface area contributed by atoms with Crippen LogP contribution < -0.4 is 10.7 Å². The monoisotopic (exact) mass is 461 g/mol. The SMILES string of the molecule is CC(C)CNC(=O)CCN1C(=O)C2CCCCC2N2C(SCc3ccc(F)cc3)=NNC12. The van der Waals surface area contributed by atoms with Crippen molar-refractivity contribution >= 4 is 28.7 Å². The number of carbonyl (C=O) groups excluding carboxylic acids is 2. The van der Waals surface area contributed by atoms with Crippen LogP contribution >= 0.6 is 11.8 Å². The first kappa shape index (κ1) is 22.9. The molecule has 3 atom stereocenters. The molecule has 174 valence electrons. The van der Waals surface area contributed by atoms with Gasteiger partial charge in [0, 0.05) is 31.3 Å². The van der Waals surface area contributed by atoms with Crippen LogP contribution in [0.4, 0.5) is 4.39 Å². The van der Waals surface area contributed by atoms with E-state index in [9.17, 15) is 14.0 Å². The van der Waals surface area contributed by atoms with Crippen molar-refractivity contribution in [1.82, 2.24) is 20.5 Å². The molecule has 2 fully saturated rings. The molecule has 1 saturated heterocycles. The van der Waals surface area contributed by atoms with Crippen LogP contribution in [0.5, 0.6) is 0 Å². The average molecular weight is 462 g/mol. The lowest BCUT2D eigenvalue weighted by Gasteiger charge is -2.50. The number of hydrogen-bond acceptors (Lipinski definition) is 6. The Hall–Kier alpha value is -2.29. The second kappa shape index (κ2) is 10.1. The van der Waals surface area contributed by atoms with E-state index in [1.54, 1.807) is 28.8 Å². The van der Waals surface area contributed by atoms with Gasteiger partial charge in [0.05, 0.1) is 5.92 Å². The summed E-state index contributed by atoms with van der Waals surface area (Å²) in [6.45, 7) is 5.12. The molecule has 3 unspecified atom stereocenters. The van der Waals surface area contributed by atoms with Gasteiger partial charge in [-0.2, -0.15) is 5.10 Å². The minimum atomic E-state index is -0.351. The van der Waals surface area contributed by atoms with E-state index >= 15 is 0 Å². The van der Waals surface area contributed by atoms with Gasteiger partial charge >= 0.3 is 0 Å². The van der Waals surface area contributed by atoms with E-state index in [0.29, 0.717) is 24.8 Å². The Labute approximate surface area is 193 Å². The van der Waals surface area contributed by atoms with Crippen LogP contribution in [-0.2, 0) is 15.3 Å². The highest BCUT2D eigenvalue weighted by Gasteiger charge is 2.50. The zero-order valence-electron chi connectivity index (χ0n) is 18.7. The van der Waals surface area contributed by atoms with Crippen LogP contribution in [0.25, 0.3) is 0 Å². The fraction of sp³-hybridized carbons (Fsp3) is 0.609. The van der Waals surface area contributed by atoms with Gasteiger partial charge in [-0.25, -0.2) is 4.39 Å². The highest BCUT2D eigenvalue weighted by atomic mass is 32.2. The average Bonchev–Trinajstić information content (AvgIpc) is 3.21. The third-order valence-corrected chi connectivity index (χ3v) is 7.35. The van der Waals surface area contributed by atoms with Gasteiger partial charge in [-0.1, -0.05) is 50.6 Å². The van der Waals surface area contributed by atoms with Crippen LogP contribution in [-0.4, -0.2) is 52.2 Å². The quantitative estimate of drug-likeness (QED) is 0.653. The molecule has 0 radical (unpaired) electrons. The first-order chi connectivity index (χ1) is 15.4. The number of carbonyl (C=O) groups is 2. The van der Waals surface area contributed by atoms with Gasteiger partial charge in [-0.05, 0) is 36.5 Å². The molecule has 2 N–H and O–H groups in total. The zero-order chi connectivity index (χ0) is 22.7. The maximum Gasteiger partial charge on any atom is 0.230 e. The van der Waals surface area contributed by atoms with E-state index in [2.05, 4.69) is 34.6 Å². The number of rotatable bonds is 7. The maximum atomic E-state index is 13.3. The number of thioether (sulfide) groups is 1. The minimum Gasteiger partial charge on any atom is -0.356 e. The van der Waals surface area contributed by atoms with Crippen molar-refractivity contribution in [3.8, 4) is 0 Å². The second-order valence-corrected chi connectivity index (χ2v) is 10.1. The Balaban J connectivity index is 1.44. The van der Waals surface area contributed by atoms with Gasteiger partial charge in [0.25, 0.3) is 0 Å². The lowest BCUT2D eigenvalue weighted by atomic mass is 9.81. The van der Waals surface area contributed by atoms with E-state index in [-0.39, 0.29) is 42.3 Å². The minimum absolute atomic E-state index is 0.0337. The summed E-state index contributed by atoms with van der Waals surface area (Å²) < 4.78 is 13.2. The number of nitrogens with one attached hydrogen (secondary N) is 2. The Bertz CT molecular complexity index is 862. The third-order valence-electron chi connectivity index (χ3n) is 6.31. The first-order valence-electron chi connectivity index (χ1n) is 11.5. The molecule has 2 heterocycles. The molecule has 4 rings (SSSR count). The second-order valence-electron chi connectivity index (χ2n) is 9.16. The summed E-state index contributed by atoms with van der Waals surface area (Å²) in [5.74, 6) is 0.849. The largest absolute Gasteiger partial charge is 0.356 e. The van der Waals surface area contributed by atoms with Crippen molar-refractivity contribution in [2.24, 2.45) is 16.9 Å². The number of hydrogen-bond donors (Lipinski definition) is 2. The molecule has 2 aliphatic heterocycles. The molecule has 9 heteroatoms. The van der Waals surface area contributed by atoms with Crippen molar-refractivity contribution in [3.63, 3.8) is 0 Å². The molecule has 1 aromatic carbocycles. The number of benzene rings is 1. The van der Waals surface area contributed by atoms with Gasteiger partial charge in [0.2, 0.25) is 11.8 Å². The lowest BCUT2D eigenvalue weighted by Crippen LogP contribution is -2.67. The summed E-state index contributed by atoms with van der Waals surface area (Å²) in [5.41, 5.74) is 4.17. The number of amidine groups is 1. The van der Waals surface area contributed by atoms with E-state index in [1.165, 1.54) is 12.1 Å². The van der Waals surface area contributed by atoms with Crippen molar-refractivity contribution in [1.29, 1.82) is 0 Å². The Morgan fingerprint density at radius 2 is 2.03 bits per heavy atom. The van der Waals surface area contributed by atoms with E-state index < -0.39 is 0 Å². The number of amides is 2. The molecule has 1 aliphatic carbocycles. The topological polar surface area (TPSA) is 77.0 Å². The van der Waals surface area contributed by atoms with Gasteiger partial charge in [0.1, 0.15) is 5.82 Å². The van der Waals surface area contributed by atoms with E-state index in [4.69, 9.17) is 0 Å². The molecule has 1 saturated carbocycles. The summed E-state index contributed by atoms with van der Waals surface area (Å²) in [7, 11) is 0. The zero-order valence-corrected chi connectivity index (χ0v) is 19.5. The predicted molar refractivity (Wildman–Crippen MR) is 124 cm³/mol. The number of fused-ring (bicyclic) bond motifs is 3. The number of hydrazone groups is 1. The highest BCUT2D eigenvalue weighted by Crippen LogP contribution is 2.39. The van der Waals surface area contributed by atoms with Crippen LogP contribution in [0.15, 0.2) is 29.4 Å². The predicted octanol–water partition coefficient (Wildman–Crippen LogP) is 3.08. The number of halogens is 1. The van der Waals surface area contributed by atoms with E-state index in [0.717, 1.165) is 36.4 Å². The fourth-order valence-corrected chi connectivity index (χ4v) is 5.63. The summed E-state index contributed by atoms with van der Waals surface area (Å²) >= 11 is 1.60. The first-order valence-corrected chi connectivity index (χ1v) is 12.5. The molecular formula is C23H32FN5O2S. The van der Waals surface area contributed by atoms with Gasteiger partial charge < -0.3 is 15.1 Å². The smallest absolute Gasteiger partial charge is 0.230 e. The van der Waals surface area contributed by atoms with E-state index in [1.807, 2.05) is 0 Å². The van der Waals surface area contributed by atoms with Gasteiger partial charge in [0.15, 0.2) is 11.5 Å². The Morgan fingerprint density at radius 3 is 2.78 bits per heavy atom. The molecule has 0 aromatic heterocycles. The van der Waals surface area contributed by atoms with Crippen molar-refractivity contribution in [2.45, 2.75) is 64.0 Å². The van der Waals surface area contributed by atoms with Crippen LogP contribution in [0.2, 0.25) is 0 Å². The molecule has 1 aromatic rings. The molecule has 7 nitrogen and oxygen atoms in total. The van der Waals surface area contributed by atoms with Crippen LogP contribution in [0.3, 0.4) is 0 Å². The molecular weight excluding hydrogens is 429 g/mol. The number of nitrogens with zero attached hydrogens (tertiary/aromatic N) is 3. The molecule has 32 heavy (non-hydrogen) atoms. The van der Waals surface area contributed by atoms with Crippen molar-refractivity contribution in [3.05, 3.63) is 35.6 Å². The molecule has 0 bridgehead atoms. The Morgan fingerprint density at radius 1 is 1.28 bits per heavy atom. The normalized spacial score (nSPS) is 24.7. The Kier molecular flexibility index (Phi) is 7.23.